The second-order valence-electron chi connectivity index (χ2n) is 5.12. The van der Waals surface area contributed by atoms with Crippen LogP contribution < -0.4 is 10.6 Å². The van der Waals surface area contributed by atoms with E-state index in [9.17, 15) is 4.39 Å². The Morgan fingerprint density at radius 3 is 2.77 bits per heavy atom. The standard InChI is InChI=1S/C16H19FN4S/c1-11(2)9-19-16(22)20-10-13-4-5-15(14(17)8-13)21-7-6-18-12(21)3/h4-8H,1,9-10H2,2-3H3,(H2,19,20,22). The fourth-order valence-corrected chi connectivity index (χ4v) is 2.11. The minimum Gasteiger partial charge on any atom is -0.359 e. The van der Waals surface area contributed by atoms with E-state index >= 15 is 0 Å². The molecule has 1 heterocycles. The first-order valence-corrected chi connectivity index (χ1v) is 7.33. The van der Waals surface area contributed by atoms with E-state index in [4.69, 9.17) is 12.2 Å². The molecule has 2 aromatic rings. The Hall–Kier alpha value is -2.21. The molecule has 2 rings (SSSR count). The highest BCUT2D eigenvalue weighted by Crippen LogP contribution is 2.16. The van der Waals surface area contributed by atoms with Crippen LogP contribution in [0.2, 0.25) is 0 Å². The first-order valence-electron chi connectivity index (χ1n) is 6.92. The predicted octanol–water partition coefficient (Wildman–Crippen LogP) is 2.86. The van der Waals surface area contributed by atoms with Crippen molar-refractivity contribution < 1.29 is 4.39 Å². The molecule has 0 bridgehead atoms. The van der Waals surface area contributed by atoms with Crippen molar-refractivity contribution in [2.24, 2.45) is 0 Å². The number of nitrogens with one attached hydrogen (secondary N) is 2. The van der Waals surface area contributed by atoms with Crippen LogP contribution in [0.3, 0.4) is 0 Å². The zero-order valence-corrected chi connectivity index (χ0v) is 13.5. The maximum atomic E-state index is 14.2. The van der Waals surface area contributed by atoms with Crippen LogP contribution in [0.15, 0.2) is 42.7 Å². The zero-order chi connectivity index (χ0) is 16.1. The summed E-state index contributed by atoms with van der Waals surface area (Å²) in [5.74, 6) is 0.455. The van der Waals surface area contributed by atoms with Crippen molar-refractivity contribution in [1.29, 1.82) is 0 Å². The van der Waals surface area contributed by atoms with Crippen molar-refractivity contribution in [3.8, 4) is 5.69 Å². The second-order valence-corrected chi connectivity index (χ2v) is 5.53. The van der Waals surface area contributed by atoms with Crippen LogP contribution in [0, 0.1) is 12.7 Å². The van der Waals surface area contributed by atoms with Gasteiger partial charge in [0, 0.05) is 25.5 Å². The van der Waals surface area contributed by atoms with E-state index in [-0.39, 0.29) is 5.82 Å². The van der Waals surface area contributed by atoms with Gasteiger partial charge < -0.3 is 15.2 Å². The average molecular weight is 318 g/mol. The number of hydrogen-bond acceptors (Lipinski definition) is 2. The van der Waals surface area contributed by atoms with Crippen LogP contribution in [0.4, 0.5) is 4.39 Å². The number of halogens is 1. The zero-order valence-electron chi connectivity index (χ0n) is 12.7. The summed E-state index contributed by atoms with van der Waals surface area (Å²) in [5, 5.41) is 6.59. The van der Waals surface area contributed by atoms with Gasteiger partial charge in [-0.05, 0) is 43.8 Å². The number of imidazole rings is 1. The molecule has 0 aliphatic rings. The van der Waals surface area contributed by atoms with E-state index in [0.29, 0.717) is 23.9 Å². The van der Waals surface area contributed by atoms with E-state index in [2.05, 4.69) is 22.2 Å². The van der Waals surface area contributed by atoms with Gasteiger partial charge in [0.2, 0.25) is 0 Å². The molecule has 4 nitrogen and oxygen atoms in total. The Bertz CT molecular complexity index is 693. The lowest BCUT2D eigenvalue weighted by Gasteiger charge is -2.12. The van der Waals surface area contributed by atoms with E-state index in [1.54, 1.807) is 23.0 Å². The Labute approximate surface area is 135 Å². The highest BCUT2D eigenvalue weighted by atomic mass is 32.1. The molecule has 0 atom stereocenters. The molecule has 22 heavy (non-hydrogen) atoms. The third-order valence-corrected chi connectivity index (χ3v) is 3.39. The molecule has 0 spiro atoms. The van der Waals surface area contributed by atoms with Crippen molar-refractivity contribution >= 4 is 17.3 Å². The monoisotopic (exact) mass is 318 g/mol. The lowest BCUT2D eigenvalue weighted by Crippen LogP contribution is -2.35. The molecule has 2 N–H and O–H groups in total. The molecule has 0 fully saturated rings. The number of hydrogen-bond donors (Lipinski definition) is 2. The maximum absolute atomic E-state index is 14.2. The van der Waals surface area contributed by atoms with Crippen LogP contribution in [0.25, 0.3) is 5.69 Å². The third kappa shape index (κ3) is 4.14. The Kier molecular flexibility index (Phi) is 5.27. The van der Waals surface area contributed by atoms with Gasteiger partial charge in [0.05, 0.1) is 5.69 Å². The topological polar surface area (TPSA) is 41.9 Å². The summed E-state index contributed by atoms with van der Waals surface area (Å²) >= 11 is 5.14. The number of aryl methyl sites for hydroxylation is 1. The summed E-state index contributed by atoms with van der Waals surface area (Å²) in [4.78, 5) is 4.10. The van der Waals surface area contributed by atoms with Crippen LogP contribution in [0.5, 0.6) is 0 Å². The molecule has 6 heteroatoms. The normalized spacial score (nSPS) is 10.3. The van der Waals surface area contributed by atoms with Gasteiger partial charge in [-0.3, -0.25) is 0 Å². The lowest BCUT2D eigenvalue weighted by molar-refractivity contribution is 0.613. The van der Waals surface area contributed by atoms with Crippen molar-refractivity contribution in [2.75, 3.05) is 6.54 Å². The highest BCUT2D eigenvalue weighted by Gasteiger charge is 2.08. The van der Waals surface area contributed by atoms with E-state index < -0.39 is 0 Å². The molecule has 116 valence electrons. The Balaban J connectivity index is 2.00. The fraction of sp³-hybridized carbons (Fsp3) is 0.250. The summed E-state index contributed by atoms with van der Waals surface area (Å²) < 4.78 is 15.9. The maximum Gasteiger partial charge on any atom is 0.166 e. The van der Waals surface area contributed by atoms with Crippen molar-refractivity contribution in [1.82, 2.24) is 20.2 Å². The number of thiocarbonyl (C=S) groups is 1. The average Bonchev–Trinajstić information content (AvgIpc) is 2.89. The smallest absolute Gasteiger partial charge is 0.166 e. The molecule has 1 aromatic heterocycles. The first-order chi connectivity index (χ1) is 10.5. The molecule has 0 saturated heterocycles. The van der Waals surface area contributed by atoms with E-state index in [1.165, 1.54) is 6.07 Å². The SMILES string of the molecule is C=C(C)CNC(=S)NCc1ccc(-n2ccnc2C)c(F)c1. The summed E-state index contributed by atoms with van der Waals surface area (Å²) in [5.41, 5.74) is 2.30. The van der Waals surface area contributed by atoms with Crippen LogP contribution in [-0.4, -0.2) is 21.2 Å². The summed E-state index contributed by atoms with van der Waals surface area (Å²) in [6.45, 7) is 8.63. The number of benzene rings is 1. The predicted molar refractivity (Wildman–Crippen MR) is 90.5 cm³/mol. The lowest BCUT2D eigenvalue weighted by atomic mass is 10.2. The minimum atomic E-state index is -0.291. The Morgan fingerprint density at radius 2 is 2.18 bits per heavy atom. The molecule has 0 unspecified atom stereocenters. The largest absolute Gasteiger partial charge is 0.359 e. The van der Waals surface area contributed by atoms with Crippen molar-refractivity contribution in [3.63, 3.8) is 0 Å². The molecule has 0 aliphatic carbocycles. The van der Waals surface area contributed by atoms with E-state index in [0.717, 1.165) is 17.0 Å². The van der Waals surface area contributed by atoms with Gasteiger partial charge in [-0.2, -0.15) is 0 Å². The first kappa shape index (κ1) is 16.2. The van der Waals surface area contributed by atoms with Gasteiger partial charge in [-0.1, -0.05) is 18.2 Å². The van der Waals surface area contributed by atoms with Crippen LogP contribution >= 0.6 is 12.2 Å². The molecule has 0 aliphatic heterocycles. The van der Waals surface area contributed by atoms with Crippen molar-refractivity contribution in [2.45, 2.75) is 20.4 Å². The van der Waals surface area contributed by atoms with E-state index in [1.807, 2.05) is 19.9 Å². The second kappa shape index (κ2) is 7.17. The number of aromatic nitrogens is 2. The third-order valence-electron chi connectivity index (χ3n) is 3.10. The molecule has 1 aromatic carbocycles. The highest BCUT2D eigenvalue weighted by molar-refractivity contribution is 7.80. The quantitative estimate of drug-likeness (QED) is 0.657. The molecule has 0 radical (unpaired) electrons. The van der Waals surface area contributed by atoms with Gasteiger partial charge in [0.25, 0.3) is 0 Å². The van der Waals surface area contributed by atoms with Crippen LogP contribution in [-0.2, 0) is 6.54 Å². The molecule has 0 saturated carbocycles. The fourth-order valence-electron chi connectivity index (χ4n) is 1.96. The molecular weight excluding hydrogens is 299 g/mol. The van der Waals surface area contributed by atoms with Gasteiger partial charge >= 0.3 is 0 Å². The minimum absolute atomic E-state index is 0.291. The summed E-state index contributed by atoms with van der Waals surface area (Å²) in [7, 11) is 0. The van der Waals surface area contributed by atoms with Crippen LogP contribution in [0.1, 0.15) is 18.3 Å². The van der Waals surface area contributed by atoms with Crippen molar-refractivity contribution in [3.05, 3.63) is 59.9 Å². The van der Waals surface area contributed by atoms with Gasteiger partial charge in [-0.25, -0.2) is 9.37 Å². The number of nitrogens with zero attached hydrogens (tertiary/aromatic N) is 2. The molecular formula is C16H19FN4S. The number of rotatable bonds is 5. The molecule has 0 amide bonds. The van der Waals surface area contributed by atoms with Gasteiger partial charge in [0.1, 0.15) is 11.6 Å². The summed E-state index contributed by atoms with van der Waals surface area (Å²) in [6, 6.07) is 5.11. The summed E-state index contributed by atoms with van der Waals surface area (Å²) in [6.07, 6.45) is 3.39. The van der Waals surface area contributed by atoms with Gasteiger partial charge in [0.15, 0.2) is 5.11 Å². The van der Waals surface area contributed by atoms with Gasteiger partial charge in [-0.15, -0.1) is 0 Å². The Morgan fingerprint density at radius 1 is 1.41 bits per heavy atom.